The standard InChI is InChI=1S/C17H24N2OS/c1-12-10-14(5-6-15(12)16(18)21)19-9-8-17(20)7-3-2-4-13(17)11-19/h5-6,10,13,20H,2-4,7-9,11H2,1H3,(H2,18,21). The van der Waals surface area contributed by atoms with E-state index in [0.717, 1.165) is 43.5 Å². The number of aryl methyl sites for hydroxylation is 1. The molecule has 1 aliphatic heterocycles. The van der Waals surface area contributed by atoms with Crippen molar-refractivity contribution in [3.63, 3.8) is 0 Å². The minimum absolute atomic E-state index is 0.413. The average Bonchev–Trinajstić information content (AvgIpc) is 2.45. The number of fused-ring (bicyclic) bond motifs is 1. The summed E-state index contributed by atoms with van der Waals surface area (Å²) in [5.41, 5.74) is 8.63. The van der Waals surface area contributed by atoms with Crippen LogP contribution in [0, 0.1) is 12.8 Å². The van der Waals surface area contributed by atoms with Gasteiger partial charge in [0.05, 0.1) is 5.60 Å². The maximum Gasteiger partial charge on any atom is 0.104 e. The molecule has 21 heavy (non-hydrogen) atoms. The molecule has 1 aromatic carbocycles. The maximum absolute atomic E-state index is 10.8. The molecule has 0 spiro atoms. The number of hydrogen-bond acceptors (Lipinski definition) is 3. The molecule has 0 aromatic heterocycles. The van der Waals surface area contributed by atoms with Crippen molar-refractivity contribution < 1.29 is 5.11 Å². The highest BCUT2D eigenvalue weighted by Crippen LogP contribution is 2.41. The van der Waals surface area contributed by atoms with E-state index in [0.29, 0.717) is 10.9 Å². The van der Waals surface area contributed by atoms with Gasteiger partial charge in [0.15, 0.2) is 0 Å². The molecule has 3 nitrogen and oxygen atoms in total. The Hall–Kier alpha value is -1.13. The van der Waals surface area contributed by atoms with Gasteiger partial charge in [-0.3, -0.25) is 0 Å². The van der Waals surface area contributed by atoms with Crippen molar-refractivity contribution in [3.05, 3.63) is 29.3 Å². The smallest absolute Gasteiger partial charge is 0.104 e. The summed E-state index contributed by atoms with van der Waals surface area (Å²) in [4.78, 5) is 2.86. The number of anilines is 1. The molecule has 2 atom stereocenters. The molecule has 0 bridgehead atoms. The minimum Gasteiger partial charge on any atom is -0.389 e. The van der Waals surface area contributed by atoms with Crippen LogP contribution in [0.2, 0.25) is 0 Å². The highest BCUT2D eigenvalue weighted by atomic mass is 32.1. The summed E-state index contributed by atoms with van der Waals surface area (Å²) < 4.78 is 0. The number of benzene rings is 1. The van der Waals surface area contributed by atoms with E-state index in [1.54, 1.807) is 0 Å². The minimum atomic E-state index is -0.414. The predicted molar refractivity (Wildman–Crippen MR) is 90.8 cm³/mol. The largest absolute Gasteiger partial charge is 0.389 e. The lowest BCUT2D eigenvalue weighted by Crippen LogP contribution is -2.53. The average molecular weight is 304 g/mol. The van der Waals surface area contributed by atoms with Crippen LogP contribution in [0.4, 0.5) is 5.69 Å². The molecule has 1 aliphatic carbocycles. The first-order chi connectivity index (χ1) is 9.99. The summed E-state index contributed by atoms with van der Waals surface area (Å²) in [6.45, 7) is 3.94. The van der Waals surface area contributed by atoms with Crippen LogP contribution in [0.3, 0.4) is 0 Å². The van der Waals surface area contributed by atoms with Crippen LogP contribution in [-0.4, -0.2) is 28.8 Å². The van der Waals surface area contributed by atoms with Gasteiger partial charge in [-0.15, -0.1) is 0 Å². The quantitative estimate of drug-likeness (QED) is 0.825. The van der Waals surface area contributed by atoms with Gasteiger partial charge in [-0.2, -0.15) is 0 Å². The van der Waals surface area contributed by atoms with Crippen molar-refractivity contribution in [1.82, 2.24) is 0 Å². The van der Waals surface area contributed by atoms with Crippen molar-refractivity contribution >= 4 is 22.9 Å². The van der Waals surface area contributed by atoms with E-state index < -0.39 is 5.60 Å². The van der Waals surface area contributed by atoms with E-state index in [1.807, 2.05) is 6.07 Å². The van der Waals surface area contributed by atoms with Crippen molar-refractivity contribution in [2.75, 3.05) is 18.0 Å². The van der Waals surface area contributed by atoms with Gasteiger partial charge in [-0.25, -0.2) is 0 Å². The summed E-state index contributed by atoms with van der Waals surface area (Å²) in [5.74, 6) is 0.413. The van der Waals surface area contributed by atoms with E-state index in [4.69, 9.17) is 18.0 Å². The molecule has 2 unspecified atom stereocenters. The third kappa shape index (κ3) is 2.79. The van der Waals surface area contributed by atoms with E-state index in [1.165, 1.54) is 18.5 Å². The highest BCUT2D eigenvalue weighted by molar-refractivity contribution is 7.80. The summed E-state index contributed by atoms with van der Waals surface area (Å²) in [6, 6.07) is 6.30. The Bertz CT molecular complexity index is 560. The SMILES string of the molecule is Cc1cc(N2CCC3(O)CCCCC3C2)ccc1C(N)=S. The first-order valence-corrected chi connectivity index (χ1v) is 8.28. The topological polar surface area (TPSA) is 49.5 Å². The van der Waals surface area contributed by atoms with Gasteiger partial charge < -0.3 is 15.7 Å². The Morgan fingerprint density at radius 3 is 2.90 bits per heavy atom. The van der Waals surface area contributed by atoms with Crippen LogP contribution in [0.1, 0.15) is 43.2 Å². The summed E-state index contributed by atoms with van der Waals surface area (Å²) in [7, 11) is 0. The lowest BCUT2D eigenvalue weighted by molar-refractivity contribution is -0.0612. The first kappa shape index (κ1) is 14.8. The Kier molecular flexibility index (Phi) is 3.93. The number of rotatable bonds is 2. The Labute approximate surface area is 132 Å². The summed E-state index contributed by atoms with van der Waals surface area (Å²) in [6.07, 6.45) is 5.44. The number of nitrogens with zero attached hydrogens (tertiary/aromatic N) is 1. The molecule has 2 fully saturated rings. The molecule has 114 valence electrons. The van der Waals surface area contributed by atoms with E-state index in [-0.39, 0.29) is 0 Å². The molecular formula is C17H24N2OS. The molecule has 1 saturated heterocycles. The van der Waals surface area contributed by atoms with E-state index in [9.17, 15) is 5.11 Å². The Morgan fingerprint density at radius 2 is 2.19 bits per heavy atom. The fourth-order valence-corrected chi connectivity index (χ4v) is 4.16. The Balaban J connectivity index is 1.79. The fraction of sp³-hybridized carbons (Fsp3) is 0.588. The maximum atomic E-state index is 10.8. The van der Waals surface area contributed by atoms with Gasteiger partial charge in [0.2, 0.25) is 0 Å². The summed E-state index contributed by atoms with van der Waals surface area (Å²) in [5, 5.41) is 10.8. The number of thiocarbonyl (C=S) groups is 1. The zero-order valence-electron chi connectivity index (χ0n) is 12.6. The second-order valence-corrected chi connectivity index (χ2v) is 7.05. The molecule has 4 heteroatoms. The van der Waals surface area contributed by atoms with Gasteiger partial charge in [0.1, 0.15) is 4.99 Å². The van der Waals surface area contributed by atoms with Crippen LogP contribution in [-0.2, 0) is 0 Å². The van der Waals surface area contributed by atoms with Crippen LogP contribution >= 0.6 is 12.2 Å². The molecule has 1 saturated carbocycles. The molecule has 0 radical (unpaired) electrons. The zero-order chi connectivity index (χ0) is 15.0. The van der Waals surface area contributed by atoms with Gasteiger partial charge in [0, 0.05) is 30.3 Å². The van der Waals surface area contributed by atoms with E-state index in [2.05, 4.69) is 24.0 Å². The van der Waals surface area contributed by atoms with Gasteiger partial charge in [-0.05, 0) is 49.9 Å². The zero-order valence-corrected chi connectivity index (χ0v) is 13.5. The van der Waals surface area contributed by atoms with E-state index >= 15 is 0 Å². The van der Waals surface area contributed by atoms with Crippen molar-refractivity contribution in [2.45, 2.75) is 44.6 Å². The van der Waals surface area contributed by atoms with Crippen LogP contribution in [0.25, 0.3) is 0 Å². The molecule has 1 heterocycles. The second-order valence-electron chi connectivity index (χ2n) is 6.61. The molecule has 3 N–H and O–H groups in total. The number of hydrogen-bond donors (Lipinski definition) is 2. The van der Waals surface area contributed by atoms with Gasteiger partial charge in [0.25, 0.3) is 0 Å². The number of nitrogens with two attached hydrogens (primary N) is 1. The first-order valence-electron chi connectivity index (χ1n) is 7.87. The van der Waals surface area contributed by atoms with Gasteiger partial charge in [-0.1, -0.05) is 25.1 Å². The highest BCUT2D eigenvalue weighted by Gasteiger charge is 2.42. The molecule has 3 rings (SSSR count). The summed E-state index contributed by atoms with van der Waals surface area (Å²) >= 11 is 5.07. The van der Waals surface area contributed by atoms with Crippen LogP contribution < -0.4 is 10.6 Å². The third-order valence-electron chi connectivity index (χ3n) is 5.27. The lowest BCUT2D eigenvalue weighted by atomic mass is 9.71. The molecule has 0 amide bonds. The van der Waals surface area contributed by atoms with Crippen LogP contribution in [0.15, 0.2) is 18.2 Å². The number of piperidine rings is 1. The van der Waals surface area contributed by atoms with Gasteiger partial charge >= 0.3 is 0 Å². The fourth-order valence-electron chi connectivity index (χ4n) is 3.93. The predicted octanol–water partition coefficient (Wildman–Crippen LogP) is 2.76. The number of aliphatic hydroxyl groups is 1. The normalized spacial score (nSPS) is 29.0. The third-order valence-corrected chi connectivity index (χ3v) is 5.49. The molecular weight excluding hydrogens is 280 g/mol. The van der Waals surface area contributed by atoms with Crippen molar-refractivity contribution in [1.29, 1.82) is 0 Å². The lowest BCUT2D eigenvalue weighted by Gasteiger charge is -2.48. The molecule has 2 aliphatic rings. The Morgan fingerprint density at radius 1 is 1.38 bits per heavy atom. The van der Waals surface area contributed by atoms with Crippen molar-refractivity contribution in [3.8, 4) is 0 Å². The van der Waals surface area contributed by atoms with Crippen molar-refractivity contribution in [2.24, 2.45) is 11.7 Å². The van der Waals surface area contributed by atoms with Crippen LogP contribution in [0.5, 0.6) is 0 Å². The second kappa shape index (κ2) is 5.58. The molecule has 1 aromatic rings. The monoisotopic (exact) mass is 304 g/mol.